The molecule has 2 aromatic rings. The van der Waals surface area contributed by atoms with Crippen LogP contribution < -0.4 is 0 Å². The summed E-state index contributed by atoms with van der Waals surface area (Å²) in [5.41, 5.74) is 1.49. The zero-order valence-corrected chi connectivity index (χ0v) is 15.2. The fourth-order valence-electron chi connectivity index (χ4n) is 4.06. The Morgan fingerprint density at radius 1 is 1.30 bits per heavy atom. The van der Waals surface area contributed by atoms with E-state index in [1.54, 1.807) is 11.7 Å². The molecule has 0 aliphatic carbocycles. The summed E-state index contributed by atoms with van der Waals surface area (Å²) in [5, 5.41) is 10.2. The maximum Gasteiger partial charge on any atom is 0.435 e. The molecular formula is C17H20F3N5O2. The smallest absolute Gasteiger partial charge is 0.369 e. The van der Waals surface area contributed by atoms with Gasteiger partial charge in [0.25, 0.3) is 5.91 Å². The van der Waals surface area contributed by atoms with Gasteiger partial charge in [-0.25, -0.2) is 0 Å². The molecule has 0 fully saturated rings. The Balaban J connectivity index is 1.66. The van der Waals surface area contributed by atoms with Crippen LogP contribution in [-0.2, 0) is 37.3 Å². The van der Waals surface area contributed by atoms with E-state index < -0.39 is 11.9 Å². The van der Waals surface area contributed by atoms with Crippen molar-refractivity contribution in [1.29, 1.82) is 0 Å². The molecule has 2 aliphatic heterocycles. The number of aryl methyl sites for hydroxylation is 1. The Hall–Kier alpha value is -2.36. The summed E-state index contributed by atoms with van der Waals surface area (Å²) in [4.78, 5) is 14.5. The van der Waals surface area contributed by atoms with Crippen LogP contribution in [0.5, 0.6) is 0 Å². The van der Waals surface area contributed by atoms with Gasteiger partial charge in [0.15, 0.2) is 11.4 Å². The number of carbonyl (C=O) groups is 1. The van der Waals surface area contributed by atoms with E-state index in [1.807, 2.05) is 13.8 Å². The van der Waals surface area contributed by atoms with Crippen LogP contribution in [0.2, 0.25) is 0 Å². The summed E-state index contributed by atoms with van der Waals surface area (Å²) >= 11 is 0. The lowest BCUT2D eigenvalue weighted by molar-refractivity contribution is -0.142. The lowest BCUT2D eigenvalue weighted by Crippen LogP contribution is -2.37. The molecule has 7 nitrogen and oxygen atoms in total. The first kappa shape index (κ1) is 18.0. The number of amides is 1. The van der Waals surface area contributed by atoms with E-state index >= 15 is 0 Å². The molecule has 0 aromatic carbocycles. The number of hydrogen-bond acceptors (Lipinski definition) is 4. The van der Waals surface area contributed by atoms with E-state index in [4.69, 9.17) is 4.74 Å². The summed E-state index contributed by atoms with van der Waals surface area (Å²) in [6.45, 7) is 4.01. The number of rotatable bonds is 1. The third-order valence-corrected chi connectivity index (χ3v) is 5.20. The summed E-state index contributed by atoms with van der Waals surface area (Å²) in [6, 6.07) is 0. The van der Waals surface area contributed by atoms with Gasteiger partial charge in [0.05, 0.1) is 24.4 Å². The van der Waals surface area contributed by atoms with E-state index in [-0.39, 0.29) is 30.2 Å². The first-order valence-electron chi connectivity index (χ1n) is 8.80. The maximum absolute atomic E-state index is 13.2. The van der Waals surface area contributed by atoms with E-state index in [0.717, 1.165) is 11.3 Å². The van der Waals surface area contributed by atoms with Gasteiger partial charge in [0.2, 0.25) is 0 Å². The van der Waals surface area contributed by atoms with Gasteiger partial charge in [0.1, 0.15) is 0 Å². The summed E-state index contributed by atoms with van der Waals surface area (Å²) in [6.07, 6.45) is -3.95. The molecule has 10 heteroatoms. The number of H-pyrrole nitrogens is 1. The van der Waals surface area contributed by atoms with Crippen molar-refractivity contribution in [2.75, 3.05) is 6.54 Å². The molecule has 0 saturated heterocycles. The van der Waals surface area contributed by atoms with Crippen LogP contribution in [0, 0.1) is 0 Å². The second-order valence-corrected chi connectivity index (χ2v) is 7.13. The van der Waals surface area contributed by atoms with Crippen molar-refractivity contribution in [3.05, 3.63) is 33.9 Å². The van der Waals surface area contributed by atoms with Gasteiger partial charge in [-0.3, -0.25) is 14.6 Å². The third-order valence-electron chi connectivity index (χ3n) is 5.20. The Bertz CT molecular complexity index is 901. The predicted octanol–water partition coefficient (Wildman–Crippen LogP) is 2.38. The predicted molar refractivity (Wildman–Crippen MR) is 87.9 cm³/mol. The molecule has 2 atom stereocenters. The molecule has 0 bridgehead atoms. The third kappa shape index (κ3) is 2.91. The number of alkyl halides is 3. The molecule has 4 rings (SSSR count). The van der Waals surface area contributed by atoms with Crippen LogP contribution in [0.1, 0.15) is 58.6 Å². The van der Waals surface area contributed by atoms with Crippen LogP contribution in [0.15, 0.2) is 0 Å². The number of fused-ring (bicyclic) bond motifs is 2. The monoisotopic (exact) mass is 383 g/mol. The molecule has 2 aromatic heterocycles. The van der Waals surface area contributed by atoms with Crippen molar-refractivity contribution in [3.63, 3.8) is 0 Å². The van der Waals surface area contributed by atoms with Gasteiger partial charge < -0.3 is 9.64 Å². The van der Waals surface area contributed by atoms with Crippen LogP contribution in [-0.4, -0.2) is 43.4 Å². The number of aromatic nitrogens is 4. The first-order valence-corrected chi connectivity index (χ1v) is 8.80. The summed E-state index contributed by atoms with van der Waals surface area (Å²) in [7, 11) is 1.75. The van der Waals surface area contributed by atoms with Crippen LogP contribution in [0.25, 0.3) is 0 Å². The molecule has 2 aliphatic rings. The number of carbonyl (C=O) groups excluding carboxylic acids is 1. The largest absolute Gasteiger partial charge is 0.435 e. The molecule has 4 heterocycles. The van der Waals surface area contributed by atoms with E-state index in [1.165, 1.54) is 4.90 Å². The number of nitrogens with zero attached hydrogens (tertiary/aromatic N) is 4. The Morgan fingerprint density at radius 3 is 2.74 bits per heavy atom. The second-order valence-electron chi connectivity index (χ2n) is 7.13. The van der Waals surface area contributed by atoms with Gasteiger partial charge in [0, 0.05) is 43.3 Å². The number of halogens is 3. The van der Waals surface area contributed by atoms with Crippen molar-refractivity contribution in [3.8, 4) is 0 Å². The molecule has 0 radical (unpaired) electrons. The van der Waals surface area contributed by atoms with Crippen LogP contribution in [0.4, 0.5) is 13.2 Å². The lowest BCUT2D eigenvalue weighted by Gasteiger charge is -2.29. The lowest BCUT2D eigenvalue weighted by atomic mass is 9.98. The molecule has 0 unspecified atom stereocenters. The highest BCUT2D eigenvalue weighted by Crippen LogP contribution is 2.35. The standard InChI is InChI=1S/C17H20F3N5O2/c1-8-6-10-13(23-24(3)14(10)9(2)27-8)16(26)25-5-4-12-11(7-25)15(22-21-12)17(18,19)20/h8-9H,4-7H2,1-3H3,(H,21,22)/t8-,9+/m1/s1. The highest BCUT2D eigenvalue weighted by Gasteiger charge is 2.41. The van der Waals surface area contributed by atoms with Gasteiger partial charge in [-0.15, -0.1) is 0 Å². The highest BCUT2D eigenvalue weighted by atomic mass is 19.4. The summed E-state index contributed by atoms with van der Waals surface area (Å²) < 4.78 is 46.9. The van der Waals surface area contributed by atoms with E-state index in [9.17, 15) is 18.0 Å². The fraction of sp³-hybridized carbons (Fsp3) is 0.588. The van der Waals surface area contributed by atoms with Gasteiger partial charge in [-0.1, -0.05) is 0 Å². The van der Waals surface area contributed by atoms with E-state index in [0.29, 0.717) is 30.8 Å². The van der Waals surface area contributed by atoms with Crippen molar-refractivity contribution in [2.24, 2.45) is 7.05 Å². The molecule has 146 valence electrons. The van der Waals surface area contributed by atoms with Crippen molar-refractivity contribution < 1.29 is 22.7 Å². The quantitative estimate of drug-likeness (QED) is 0.821. The SMILES string of the molecule is C[C@@H]1Cc2c(C(=O)N3CCc4[nH]nc(C(F)(F)F)c4C3)nn(C)c2[C@H](C)O1. The average molecular weight is 383 g/mol. The maximum atomic E-state index is 13.2. The molecule has 1 N–H and O–H groups in total. The Kier molecular flexibility index (Phi) is 4.06. The number of hydrogen-bond donors (Lipinski definition) is 1. The van der Waals surface area contributed by atoms with Crippen molar-refractivity contribution in [2.45, 2.75) is 51.6 Å². The minimum absolute atomic E-state index is 0.0389. The number of aromatic amines is 1. The first-order chi connectivity index (χ1) is 12.7. The molecule has 1 amide bonds. The second kappa shape index (κ2) is 6.08. The molecular weight excluding hydrogens is 363 g/mol. The average Bonchev–Trinajstić information content (AvgIpc) is 3.14. The van der Waals surface area contributed by atoms with Gasteiger partial charge in [-0.05, 0) is 13.8 Å². The summed E-state index contributed by atoms with van der Waals surface area (Å²) in [5.74, 6) is -0.354. The van der Waals surface area contributed by atoms with Crippen molar-refractivity contribution in [1.82, 2.24) is 24.9 Å². The number of ether oxygens (including phenoxy) is 1. The van der Waals surface area contributed by atoms with Gasteiger partial charge >= 0.3 is 6.18 Å². The zero-order chi connectivity index (χ0) is 19.5. The normalized spacial score (nSPS) is 22.5. The minimum atomic E-state index is -4.55. The zero-order valence-electron chi connectivity index (χ0n) is 15.2. The minimum Gasteiger partial charge on any atom is -0.369 e. The fourth-order valence-corrected chi connectivity index (χ4v) is 4.06. The Labute approximate surface area is 153 Å². The van der Waals surface area contributed by atoms with Crippen molar-refractivity contribution >= 4 is 5.91 Å². The van der Waals surface area contributed by atoms with Crippen LogP contribution >= 0.6 is 0 Å². The topological polar surface area (TPSA) is 76.0 Å². The number of nitrogens with one attached hydrogen (secondary N) is 1. The molecule has 0 saturated carbocycles. The molecule has 0 spiro atoms. The molecule has 27 heavy (non-hydrogen) atoms. The van der Waals surface area contributed by atoms with Gasteiger partial charge in [-0.2, -0.15) is 23.4 Å². The Morgan fingerprint density at radius 2 is 2.04 bits per heavy atom. The van der Waals surface area contributed by atoms with Crippen LogP contribution in [0.3, 0.4) is 0 Å². The van der Waals surface area contributed by atoms with E-state index in [2.05, 4.69) is 15.3 Å². The highest BCUT2D eigenvalue weighted by molar-refractivity contribution is 5.94.